The van der Waals surface area contributed by atoms with Crippen molar-refractivity contribution in [2.75, 3.05) is 13.3 Å². The number of hydrogen-bond acceptors (Lipinski definition) is 1. The maximum atomic E-state index is 11.5. The lowest BCUT2D eigenvalue weighted by molar-refractivity contribution is 0.581. The Morgan fingerprint density at radius 1 is 1.30 bits per heavy atom. The van der Waals surface area contributed by atoms with Gasteiger partial charge in [-0.2, -0.15) is 0 Å². The van der Waals surface area contributed by atoms with E-state index in [1.165, 1.54) is 0 Å². The third kappa shape index (κ3) is 1.85. The van der Waals surface area contributed by atoms with Crippen molar-refractivity contribution >= 4 is 7.14 Å². The van der Waals surface area contributed by atoms with Crippen molar-refractivity contribution < 1.29 is 4.57 Å². The Bertz CT molecular complexity index is 197. The molecule has 0 radical (unpaired) electrons. The predicted molar refractivity (Wildman–Crippen MR) is 46.1 cm³/mol. The monoisotopic (exact) mass is 156 g/mol. The fraction of sp³-hybridized carbons (Fsp3) is 0.500. The molecule has 0 atom stereocenters. The first-order valence-corrected chi connectivity index (χ1v) is 6.16. The average Bonchev–Trinajstić information content (AvgIpc) is 1.88. The van der Waals surface area contributed by atoms with E-state index in [1.54, 1.807) is 0 Å². The van der Waals surface area contributed by atoms with Crippen molar-refractivity contribution in [2.45, 2.75) is 12.1 Å². The number of hydrogen-bond donors (Lipinski definition) is 0. The Labute approximate surface area is 62.2 Å². The van der Waals surface area contributed by atoms with Crippen LogP contribution in [0.25, 0.3) is 0 Å². The molecule has 0 aromatic rings. The minimum absolute atomic E-state index is 0.196. The van der Waals surface area contributed by atoms with Gasteiger partial charge in [0.1, 0.15) is 0 Å². The van der Waals surface area contributed by atoms with Crippen LogP contribution in [0.3, 0.4) is 0 Å². The van der Waals surface area contributed by atoms with Gasteiger partial charge in [-0.1, -0.05) is 24.3 Å². The summed E-state index contributed by atoms with van der Waals surface area (Å²) in [6.45, 7) is 3.66. The molecule has 0 amide bonds. The summed E-state index contributed by atoms with van der Waals surface area (Å²) in [7, 11) is -1.91. The van der Waals surface area contributed by atoms with Crippen LogP contribution in [0.15, 0.2) is 24.3 Å². The second kappa shape index (κ2) is 2.75. The van der Waals surface area contributed by atoms with E-state index in [4.69, 9.17) is 0 Å². The Morgan fingerprint density at radius 3 is 2.10 bits per heavy atom. The highest BCUT2D eigenvalue weighted by Crippen LogP contribution is 2.44. The molecule has 0 aliphatic heterocycles. The standard InChI is InChI=1S/C8H13OP/c1-10(2,9)8-6-4-3-5-7-8/h4-8H,3H2,1-2H3. The molecular formula is C8H13OP. The molecule has 0 heterocycles. The highest BCUT2D eigenvalue weighted by atomic mass is 31.2. The van der Waals surface area contributed by atoms with Crippen LogP contribution < -0.4 is 0 Å². The first-order chi connectivity index (χ1) is 4.61. The summed E-state index contributed by atoms with van der Waals surface area (Å²) in [6.07, 6.45) is 9.23. The third-order valence-electron chi connectivity index (χ3n) is 1.66. The molecule has 0 bridgehead atoms. The lowest BCUT2D eigenvalue weighted by Gasteiger charge is -2.15. The highest BCUT2D eigenvalue weighted by Gasteiger charge is 2.17. The summed E-state index contributed by atoms with van der Waals surface area (Å²) in [5, 5.41) is 0. The van der Waals surface area contributed by atoms with Crippen LogP contribution in [-0.2, 0) is 4.57 Å². The molecule has 0 aromatic carbocycles. The molecule has 2 heteroatoms. The van der Waals surface area contributed by atoms with E-state index in [2.05, 4.69) is 12.2 Å². The predicted octanol–water partition coefficient (Wildman–Crippen LogP) is 2.49. The van der Waals surface area contributed by atoms with Crippen molar-refractivity contribution in [3.8, 4) is 0 Å². The summed E-state index contributed by atoms with van der Waals surface area (Å²) in [4.78, 5) is 0. The van der Waals surface area contributed by atoms with Crippen LogP contribution >= 0.6 is 7.14 Å². The molecule has 1 aliphatic carbocycles. The Hall–Kier alpha value is -0.290. The quantitative estimate of drug-likeness (QED) is 0.421. The molecule has 0 saturated heterocycles. The van der Waals surface area contributed by atoms with E-state index in [1.807, 2.05) is 25.5 Å². The van der Waals surface area contributed by atoms with Gasteiger partial charge < -0.3 is 4.57 Å². The van der Waals surface area contributed by atoms with Crippen molar-refractivity contribution in [2.24, 2.45) is 0 Å². The summed E-state index contributed by atoms with van der Waals surface area (Å²) < 4.78 is 11.5. The van der Waals surface area contributed by atoms with Crippen molar-refractivity contribution in [1.29, 1.82) is 0 Å². The third-order valence-corrected chi connectivity index (χ3v) is 3.44. The molecule has 0 saturated carbocycles. The molecule has 0 unspecified atom stereocenters. The molecule has 1 nitrogen and oxygen atoms in total. The number of allylic oxidation sites excluding steroid dienone is 4. The molecule has 0 aromatic heterocycles. The zero-order chi connectivity index (χ0) is 7.61. The van der Waals surface area contributed by atoms with Crippen molar-refractivity contribution in [3.63, 3.8) is 0 Å². The largest absolute Gasteiger partial charge is 0.323 e. The molecule has 10 heavy (non-hydrogen) atoms. The SMILES string of the molecule is CP(C)(=O)C1C=CCC=C1. The number of rotatable bonds is 1. The van der Waals surface area contributed by atoms with Gasteiger partial charge in [0, 0.05) is 5.66 Å². The van der Waals surface area contributed by atoms with E-state index in [-0.39, 0.29) is 5.66 Å². The van der Waals surface area contributed by atoms with Gasteiger partial charge >= 0.3 is 0 Å². The maximum absolute atomic E-state index is 11.5. The molecule has 1 rings (SSSR count). The minimum atomic E-state index is -1.91. The average molecular weight is 156 g/mol. The van der Waals surface area contributed by atoms with Crippen molar-refractivity contribution in [1.82, 2.24) is 0 Å². The van der Waals surface area contributed by atoms with Gasteiger partial charge in [0.15, 0.2) is 0 Å². The van der Waals surface area contributed by atoms with E-state index in [9.17, 15) is 4.57 Å². The fourth-order valence-electron chi connectivity index (χ4n) is 0.993. The molecule has 1 aliphatic rings. The van der Waals surface area contributed by atoms with Crippen LogP contribution in [0.5, 0.6) is 0 Å². The van der Waals surface area contributed by atoms with E-state index >= 15 is 0 Å². The molecule has 0 N–H and O–H groups in total. The normalized spacial score (nSPS) is 19.8. The molecule has 0 fully saturated rings. The Morgan fingerprint density at radius 2 is 1.80 bits per heavy atom. The van der Waals surface area contributed by atoms with Gasteiger partial charge in [0.05, 0.1) is 7.14 Å². The van der Waals surface area contributed by atoms with Gasteiger partial charge in [0.25, 0.3) is 0 Å². The molecular weight excluding hydrogens is 143 g/mol. The second-order valence-corrected chi connectivity index (χ2v) is 6.48. The van der Waals surface area contributed by atoms with Crippen LogP contribution in [-0.4, -0.2) is 19.0 Å². The van der Waals surface area contributed by atoms with Gasteiger partial charge in [-0.3, -0.25) is 0 Å². The molecule has 0 spiro atoms. The second-order valence-electron chi connectivity index (χ2n) is 3.02. The topological polar surface area (TPSA) is 17.1 Å². The summed E-state index contributed by atoms with van der Waals surface area (Å²) in [5.74, 6) is 0. The summed E-state index contributed by atoms with van der Waals surface area (Å²) in [5.41, 5.74) is 0.196. The van der Waals surface area contributed by atoms with Crippen LogP contribution in [0.1, 0.15) is 6.42 Å². The smallest absolute Gasteiger partial charge is 0.0920 e. The van der Waals surface area contributed by atoms with Crippen LogP contribution in [0, 0.1) is 0 Å². The van der Waals surface area contributed by atoms with Gasteiger partial charge in [-0.25, -0.2) is 0 Å². The first-order valence-electron chi connectivity index (χ1n) is 3.49. The Kier molecular flexibility index (Phi) is 2.15. The van der Waals surface area contributed by atoms with E-state index < -0.39 is 7.14 Å². The lowest BCUT2D eigenvalue weighted by Crippen LogP contribution is -2.01. The molecule has 56 valence electrons. The van der Waals surface area contributed by atoms with E-state index in [0.717, 1.165) is 6.42 Å². The first kappa shape index (κ1) is 7.81. The highest BCUT2D eigenvalue weighted by molar-refractivity contribution is 7.63. The van der Waals surface area contributed by atoms with Gasteiger partial charge in [-0.15, -0.1) is 0 Å². The zero-order valence-corrected chi connectivity index (χ0v) is 7.34. The van der Waals surface area contributed by atoms with Crippen molar-refractivity contribution in [3.05, 3.63) is 24.3 Å². The zero-order valence-electron chi connectivity index (χ0n) is 6.45. The minimum Gasteiger partial charge on any atom is -0.323 e. The summed E-state index contributed by atoms with van der Waals surface area (Å²) >= 11 is 0. The maximum Gasteiger partial charge on any atom is 0.0920 e. The summed E-state index contributed by atoms with van der Waals surface area (Å²) in [6, 6.07) is 0. The van der Waals surface area contributed by atoms with Gasteiger partial charge in [-0.05, 0) is 19.8 Å². The Balaban J connectivity index is 2.74. The van der Waals surface area contributed by atoms with Gasteiger partial charge in [0.2, 0.25) is 0 Å². The lowest BCUT2D eigenvalue weighted by atomic mass is 10.2. The van der Waals surface area contributed by atoms with Crippen LogP contribution in [0.4, 0.5) is 0 Å². The van der Waals surface area contributed by atoms with E-state index in [0.29, 0.717) is 0 Å². The fourth-order valence-corrected chi connectivity index (χ4v) is 2.07. The van der Waals surface area contributed by atoms with Crippen LogP contribution in [0.2, 0.25) is 0 Å².